The number of carboxylic acids is 1. The summed E-state index contributed by atoms with van der Waals surface area (Å²) in [4.78, 5) is 26.2. The highest BCUT2D eigenvalue weighted by Gasteiger charge is 2.14. The van der Waals surface area contributed by atoms with Crippen molar-refractivity contribution in [2.24, 2.45) is 5.92 Å². The van der Waals surface area contributed by atoms with E-state index in [0.717, 1.165) is 0 Å². The number of carbonyl (C=O) groups is 2. The van der Waals surface area contributed by atoms with E-state index in [1.165, 1.54) is 48.8 Å². The number of aromatic carboxylic acids is 1. The minimum absolute atomic E-state index is 0.0226. The number of nitrogens with one attached hydrogen (secondary N) is 2. The molecule has 0 atom stereocenters. The number of carbonyl (C=O) groups excluding carboxylic acids is 1. The van der Waals surface area contributed by atoms with Gasteiger partial charge >= 0.3 is 12.0 Å². The van der Waals surface area contributed by atoms with Crippen LogP contribution in [0.25, 0.3) is 0 Å². The number of aromatic nitrogens is 1. The fourth-order valence-electron chi connectivity index (χ4n) is 2.34. The first-order chi connectivity index (χ1) is 9.65. The largest absolute Gasteiger partial charge is 0.476 e. The van der Waals surface area contributed by atoms with E-state index in [2.05, 4.69) is 15.6 Å². The maximum atomic E-state index is 11.6. The molecule has 2 rings (SSSR count). The van der Waals surface area contributed by atoms with Gasteiger partial charge in [-0.1, -0.05) is 19.3 Å². The lowest BCUT2D eigenvalue weighted by atomic mass is 9.89. The third-order valence-electron chi connectivity index (χ3n) is 3.45. The molecule has 1 aliphatic rings. The predicted octanol–water partition coefficient (Wildman–Crippen LogP) is 2.22. The van der Waals surface area contributed by atoms with Crippen molar-refractivity contribution in [3.63, 3.8) is 0 Å². The van der Waals surface area contributed by atoms with Gasteiger partial charge in [-0.3, -0.25) is 0 Å². The Kier molecular flexibility index (Phi) is 5.34. The Labute approximate surface area is 121 Å². The average molecular weight is 297 g/mol. The molecule has 0 unspecified atom stereocenters. The summed E-state index contributed by atoms with van der Waals surface area (Å²) in [6, 6.07) is -0.220. The summed E-state index contributed by atoms with van der Waals surface area (Å²) < 4.78 is 0. The topological polar surface area (TPSA) is 91.3 Å². The summed E-state index contributed by atoms with van der Waals surface area (Å²) in [6.07, 6.45) is 6.19. The fraction of sp³-hybridized carbons (Fsp3) is 0.615. The van der Waals surface area contributed by atoms with Crippen LogP contribution < -0.4 is 10.6 Å². The van der Waals surface area contributed by atoms with Crippen molar-refractivity contribution in [3.05, 3.63) is 16.1 Å². The van der Waals surface area contributed by atoms with Crippen molar-refractivity contribution in [3.8, 4) is 0 Å². The molecule has 3 N–H and O–H groups in total. The van der Waals surface area contributed by atoms with E-state index < -0.39 is 5.97 Å². The second-order valence-electron chi connectivity index (χ2n) is 5.00. The minimum atomic E-state index is -1.05. The van der Waals surface area contributed by atoms with Gasteiger partial charge in [0.05, 0.1) is 6.54 Å². The van der Waals surface area contributed by atoms with Gasteiger partial charge in [0.15, 0.2) is 5.69 Å². The van der Waals surface area contributed by atoms with Gasteiger partial charge in [-0.05, 0) is 18.8 Å². The molecule has 1 aliphatic carbocycles. The monoisotopic (exact) mass is 297 g/mol. The number of thiazole rings is 1. The Hall–Kier alpha value is -1.63. The zero-order chi connectivity index (χ0) is 14.4. The zero-order valence-corrected chi connectivity index (χ0v) is 12.0. The summed E-state index contributed by atoms with van der Waals surface area (Å²) in [5.74, 6) is -0.456. The molecule has 0 radical (unpaired) electrons. The number of urea groups is 1. The zero-order valence-electron chi connectivity index (χ0n) is 11.2. The van der Waals surface area contributed by atoms with Crippen LogP contribution >= 0.6 is 11.3 Å². The Morgan fingerprint density at radius 1 is 1.30 bits per heavy atom. The van der Waals surface area contributed by atoms with E-state index in [4.69, 9.17) is 5.11 Å². The molecule has 6 nitrogen and oxygen atoms in total. The Morgan fingerprint density at radius 2 is 2.05 bits per heavy atom. The Balaban J connectivity index is 1.67. The fourth-order valence-corrected chi connectivity index (χ4v) is 3.04. The highest BCUT2D eigenvalue weighted by atomic mass is 32.1. The first-order valence-corrected chi connectivity index (χ1v) is 7.72. The van der Waals surface area contributed by atoms with Gasteiger partial charge in [0, 0.05) is 11.9 Å². The van der Waals surface area contributed by atoms with Crippen LogP contribution in [-0.2, 0) is 6.54 Å². The molecule has 2 amide bonds. The van der Waals surface area contributed by atoms with Gasteiger partial charge in [0.2, 0.25) is 0 Å². The maximum Gasteiger partial charge on any atom is 0.355 e. The summed E-state index contributed by atoms with van der Waals surface area (Å²) >= 11 is 1.23. The molecule has 7 heteroatoms. The second kappa shape index (κ2) is 7.23. The third-order valence-corrected chi connectivity index (χ3v) is 4.30. The molecule has 0 spiro atoms. The van der Waals surface area contributed by atoms with Gasteiger partial charge in [-0.15, -0.1) is 11.3 Å². The van der Waals surface area contributed by atoms with Crippen LogP contribution in [0.2, 0.25) is 0 Å². The van der Waals surface area contributed by atoms with E-state index in [9.17, 15) is 9.59 Å². The number of rotatable bonds is 5. The first-order valence-electron chi connectivity index (χ1n) is 6.84. The predicted molar refractivity (Wildman–Crippen MR) is 75.9 cm³/mol. The van der Waals surface area contributed by atoms with Crippen molar-refractivity contribution in [2.45, 2.75) is 38.6 Å². The number of nitrogens with zero attached hydrogens (tertiary/aromatic N) is 1. The van der Waals surface area contributed by atoms with Crippen LogP contribution in [0.15, 0.2) is 5.38 Å². The van der Waals surface area contributed by atoms with Crippen molar-refractivity contribution >= 4 is 23.3 Å². The standard InChI is InChI=1S/C13H19N3O3S/c17-12(18)10-8-20-11(16-10)7-15-13(19)14-6-9-4-2-1-3-5-9/h8-9H,1-7H2,(H,17,18)(H2,14,15,19). The number of carboxylic acid groups (broad SMARTS) is 1. The van der Waals surface area contributed by atoms with E-state index in [0.29, 0.717) is 17.5 Å². The summed E-state index contributed by atoms with van der Waals surface area (Å²) in [6.45, 7) is 0.971. The van der Waals surface area contributed by atoms with E-state index in [-0.39, 0.29) is 18.3 Å². The summed E-state index contributed by atoms with van der Waals surface area (Å²) in [7, 11) is 0. The van der Waals surface area contributed by atoms with Crippen molar-refractivity contribution < 1.29 is 14.7 Å². The van der Waals surface area contributed by atoms with Crippen LogP contribution in [0.4, 0.5) is 4.79 Å². The molecule has 1 fully saturated rings. The normalized spacial score (nSPS) is 15.8. The smallest absolute Gasteiger partial charge is 0.355 e. The van der Waals surface area contributed by atoms with Crippen LogP contribution in [0.5, 0.6) is 0 Å². The molecule has 0 aromatic carbocycles. The molecule has 0 saturated heterocycles. The van der Waals surface area contributed by atoms with Crippen molar-refractivity contribution in [2.75, 3.05) is 6.54 Å². The molecule has 1 saturated carbocycles. The van der Waals surface area contributed by atoms with Gasteiger partial charge in [-0.25, -0.2) is 14.6 Å². The van der Waals surface area contributed by atoms with Crippen molar-refractivity contribution in [1.82, 2.24) is 15.6 Å². The van der Waals surface area contributed by atoms with Crippen molar-refractivity contribution in [1.29, 1.82) is 0 Å². The lowest BCUT2D eigenvalue weighted by Gasteiger charge is -2.21. The summed E-state index contributed by atoms with van der Waals surface area (Å²) in [5.41, 5.74) is 0.0226. The van der Waals surface area contributed by atoms with Gasteiger partial charge in [-0.2, -0.15) is 0 Å². The number of hydrogen-bond donors (Lipinski definition) is 3. The van der Waals surface area contributed by atoms with Gasteiger partial charge in [0.1, 0.15) is 5.01 Å². The van der Waals surface area contributed by atoms with E-state index in [1.54, 1.807) is 0 Å². The third kappa shape index (κ3) is 4.48. The SMILES string of the molecule is O=C(NCc1nc(C(=O)O)cs1)NCC1CCCCC1. The summed E-state index contributed by atoms with van der Waals surface area (Å²) in [5, 5.41) is 16.4. The van der Waals surface area contributed by atoms with Crippen LogP contribution in [0, 0.1) is 5.92 Å². The molecular weight excluding hydrogens is 278 g/mol. The van der Waals surface area contributed by atoms with Gasteiger partial charge in [0.25, 0.3) is 0 Å². The molecule has 0 bridgehead atoms. The van der Waals surface area contributed by atoms with Gasteiger partial charge < -0.3 is 15.7 Å². The Bertz CT molecular complexity index is 469. The van der Waals surface area contributed by atoms with Crippen LogP contribution in [0.3, 0.4) is 0 Å². The van der Waals surface area contributed by atoms with E-state index >= 15 is 0 Å². The highest BCUT2D eigenvalue weighted by molar-refractivity contribution is 7.09. The van der Waals surface area contributed by atoms with Crippen LogP contribution in [-0.4, -0.2) is 28.6 Å². The molecule has 20 heavy (non-hydrogen) atoms. The number of hydrogen-bond acceptors (Lipinski definition) is 4. The van der Waals surface area contributed by atoms with Crippen LogP contribution in [0.1, 0.15) is 47.6 Å². The lowest BCUT2D eigenvalue weighted by molar-refractivity contribution is 0.0691. The molecule has 1 aromatic rings. The van der Waals surface area contributed by atoms with E-state index in [1.807, 2.05) is 0 Å². The molecule has 1 heterocycles. The quantitative estimate of drug-likeness (QED) is 0.777. The highest BCUT2D eigenvalue weighted by Crippen LogP contribution is 2.22. The molecule has 1 aromatic heterocycles. The molecular formula is C13H19N3O3S. The Morgan fingerprint density at radius 3 is 2.70 bits per heavy atom. The first kappa shape index (κ1) is 14.8. The number of amides is 2. The molecule has 110 valence electrons. The lowest BCUT2D eigenvalue weighted by Crippen LogP contribution is -2.38. The molecule has 0 aliphatic heterocycles. The average Bonchev–Trinajstić information content (AvgIpc) is 2.93. The maximum absolute atomic E-state index is 11.6. The minimum Gasteiger partial charge on any atom is -0.476 e. The second-order valence-corrected chi connectivity index (χ2v) is 5.94.